The highest BCUT2D eigenvalue weighted by atomic mass is 32.7. The summed E-state index contributed by atoms with van der Waals surface area (Å²) in [5.74, 6) is -2.90. The zero-order chi connectivity index (χ0) is 31.9. The molecule has 3 fully saturated rings. The van der Waals surface area contributed by atoms with E-state index in [-0.39, 0.29) is 34.4 Å². The molecular weight excluding hydrogens is 706 g/mol. The van der Waals surface area contributed by atoms with Gasteiger partial charge in [0.05, 0.1) is 24.8 Å². The molecule has 7 N–H and O–H groups in total. The minimum atomic E-state index is -4.48. The molecule has 26 heteroatoms. The van der Waals surface area contributed by atoms with E-state index in [0.29, 0.717) is 0 Å². The summed E-state index contributed by atoms with van der Waals surface area (Å²) in [5, 5.41) is -1.30. The molecule has 3 aromatic rings. The minimum Gasteiger partial charge on any atom is -0.382 e. The molecule has 0 saturated carbocycles. The van der Waals surface area contributed by atoms with E-state index in [2.05, 4.69) is 60.4 Å². The van der Waals surface area contributed by atoms with Crippen molar-refractivity contribution in [2.45, 2.75) is 40.9 Å². The number of H-pyrrole nitrogens is 1. The summed E-state index contributed by atoms with van der Waals surface area (Å²) < 4.78 is 88.9. The molecule has 9 atom stereocenters. The molecule has 0 amide bonds. The lowest BCUT2D eigenvalue weighted by Crippen LogP contribution is -2.60. The molecule has 19 nitrogen and oxygen atoms in total. The summed E-state index contributed by atoms with van der Waals surface area (Å²) in [6.07, 6.45) is -4.34. The fourth-order valence-corrected chi connectivity index (χ4v) is 9.86. The zero-order valence-electron chi connectivity index (χ0n) is 22.3. The summed E-state index contributed by atoms with van der Waals surface area (Å²) in [5.41, 5.74) is 16.2. The van der Waals surface area contributed by atoms with Crippen molar-refractivity contribution < 1.29 is 40.7 Å². The summed E-state index contributed by atoms with van der Waals surface area (Å²) >= 11 is 8.96. The number of hydrogen-bond acceptors (Lipinski definition) is 18. The number of thioether (sulfide) groups is 1. The summed E-state index contributed by atoms with van der Waals surface area (Å²) in [7, 11) is 0. The van der Waals surface area contributed by atoms with Crippen molar-refractivity contribution in [3.63, 3.8) is 0 Å². The lowest BCUT2D eigenvalue weighted by molar-refractivity contribution is -0.00384. The molecule has 7 heterocycles. The Hall–Kier alpha value is -2.24. The molecule has 2 bridgehead atoms. The number of aromatic nitrogens is 6. The number of halogens is 2. The van der Waals surface area contributed by atoms with Crippen molar-refractivity contribution >= 4 is 84.3 Å². The third kappa shape index (κ3) is 5.48. The number of aromatic amines is 1. The third-order valence-corrected chi connectivity index (χ3v) is 12.0. The van der Waals surface area contributed by atoms with Gasteiger partial charge in [0.2, 0.25) is 5.95 Å². The fourth-order valence-electron chi connectivity index (χ4n) is 5.26. The second-order valence-electron chi connectivity index (χ2n) is 10.1. The molecule has 0 aromatic carbocycles. The predicted molar refractivity (Wildman–Crippen MR) is 162 cm³/mol. The van der Waals surface area contributed by atoms with E-state index in [1.54, 1.807) is 0 Å². The van der Waals surface area contributed by atoms with Crippen LogP contribution in [0.15, 0.2) is 17.4 Å². The van der Waals surface area contributed by atoms with Crippen LogP contribution in [0.1, 0.15) is 5.37 Å². The molecule has 45 heavy (non-hydrogen) atoms. The van der Waals surface area contributed by atoms with Crippen LogP contribution in [0, 0.1) is 0 Å². The van der Waals surface area contributed by atoms with Gasteiger partial charge in [-0.3, -0.25) is 37.9 Å². The highest BCUT2D eigenvalue weighted by Gasteiger charge is 2.61. The molecule has 0 aliphatic carbocycles. The minimum absolute atomic E-state index is 0.00422. The second kappa shape index (κ2) is 11.2. The van der Waals surface area contributed by atoms with Gasteiger partial charge in [-0.15, -0.1) is 17.3 Å². The number of nitrogens with zero attached hydrogens (tertiary/aromatic N) is 6. The Morgan fingerprint density at radius 3 is 2.69 bits per heavy atom. The topological polar surface area (TPSA) is 249 Å². The van der Waals surface area contributed by atoms with Gasteiger partial charge in [-0.1, -0.05) is 24.5 Å². The van der Waals surface area contributed by atoms with E-state index in [1.807, 2.05) is 0 Å². The molecule has 3 aromatic heterocycles. The summed E-state index contributed by atoms with van der Waals surface area (Å²) in [6.45, 7) is -10.9. The van der Waals surface area contributed by atoms with Crippen molar-refractivity contribution in [1.29, 1.82) is 0 Å². The first kappa shape index (κ1) is 31.4. The Morgan fingerprint density at radius 2 is 1.89 bits per heavy atom. The quantitative estimate of drug-likeness (QED) is 0.112. The van der Waals surface area contributed by atoms with Crippen LogP contribution in [0.25, 0.3) is 11.2 Å². The Labute approximate surface area is 265 Å². The molecule has 4 aliphatic rings. The zero-order valence-corrected chi connectivity index (χ0v) is 26.7. The Morgan fingerprint density at radius 1 is 1.13 bits per heavy atom. The van der Waals surface area contributed by atoms with Gasteiger partial charge in [-0.25, -0.2) is 37.9 Å². The number of rotatable bonds is 2. The van der Waals surface area contributed by atoms with E-state index in [0.717, 1.165) is 23.1 Å². The highest BCUT2D eigenvalue weighted by Crippen LogP contribution is 2.62. The number of nitrogen functional groups attached to an aromatic ring is 2. The van der Waals surface area contributed by atoms with Crippen LogP contribution in [-0.4, -0.2) is 84.8 Å². The van der Waals surface area contributed by atoms with Crippen LogP contribution in [0.2, 0.25) is 0 Å². The van der Waals surface area contributed by atoms with E-state index >= 15 is 8.78 Å². The number of hydrazine groups is 2. The van der Waals surface area contributed by atoms with Gasteiger partial charge in [0.15, 0.2) is 28.9 Å². The maximum absolute atomic E-state index is 16.9. The van der Waals surface area contributed by atoms with Crippen molar-refractivity contribution in [1.82, 2.24) is 35.0 Å². The van der Waals surface area contributed by atoms with E-state index in [9.17, 15) is 13.9 Å². The number of thiol groups is 2. The monoisotopic (exact) mass is 729 g/mol. The van der Waals surface area contributed by atoms with Crippen LogP contribution in [0.3, 0.4) is 0 Å². The van der Waals surface area contributed by atoms with Gasteiger partial charge in [-0.05, 0) is 0 Å². The summed E-state index contributed by atoms with van der Waals surface area (Å²) in [4.78, 5) is 30.6. The largest absolute Gasteiger partial charge is 0.386 e. The first-order valence-corrected chi connectivity index (χ1v) is 19.2. The van der Waals surface area contributed by atoms with E-state index < -0.39 is 79.9 Å². The molecule has 7 rings (SSSR count). The van der Waals surface area contributed by atoms with Crippen molar-refractivity contribution in [3.8, 4) is 0 Å². The lowest BCUT2D eigenvalue weighted by atomic mass is 10.1. The second-order valence-corrected chi connectivity index (χ2v) is 17.2. The average molecular weight is 730 g/mol. The Bertz CT molecular complexity index is 1830. The number of ether oxygens (including phenoxy) is 1. The molecule has 4 aliphatic heterocycles. The van der Waals surface area contributed by atoms with Gasteiger partial charge < -0.3 is 16.2 Å². The number of nitrogens with two attached hydrogens (primary N) is 2. The van der Waals surface area contributed by atoms with E-state index in [1.165, 1.54) is 10.9 Å². The van der Waals surface area contributed by atoms with Crippen molar-refractivity contribution in [2.24, 2.45) is 0 Å². The molecule has 0 radical (unpaired) electrons. The van der Waals surface area contributed by atoms with Gasteiger partial charge in [0, 0.05) is 0 Å². The predicted octanol–water partition coefficient (Wildman–Crippen LogP) is 1.34. The number of imidazole rings is 1. The number of alkyl halides is 2. The van der Waals surface area contributed by atoms with Gasteiger partial charge in [0.1, 0.15) is 42.4 Å². The molecular formula is C19H23F2N11O8P2S3. The van der Waals surface area contributed by atoms with Crippen LogP contribution in [0.5, 0.6) is 0 Å². The standard InChI is InChI=1S/C19H23F2N11O8P2S3/c20-8-7-2-38-42(35,44)40-12-6(36-3-19(12,21)32-14-9(29-30-32)13(22)24-4-25-14)1-37-41(34,43)39-11(8)17(45-7)31-5-26-10-15(31)27-18(23)28-16(10)33/h4-8,11-12,17,29-30H,1-3H2,(H,34,43)(H,35,44)(H2,22,24,25)(H3,23,27,28,33)/t6-,7-,8+,11-,12-,17-,19+,41?,42?/m1/s1. The Kier molecular flexibility index (Phi) is 7.80. The lowest BCUT2D eigenvalue weighted by Gasteiger charge is -2.36. The number of nitrogens with one attached hydrogen (secondary N) is 3. The van der Waals surface area contributed by atoms with Crippen LogP contribution < -0.4 is 33.0 Å². The molecule has 244 valence electrons. The van der Waals surface area contributed by atoms with Crippen molar-refractivity contribution in [2.75, 3.05) is 41.7 Å². The smallest absolute Gasteiger partial charge is 0.382 e. The number of anilines is 4. The van der Waals surface area contributed by atoms with Crippen LogP contribution in [0.4, 0.5) is 32.1 Å². The first-order valence-electron chi connectivity index (χ1n) is 12.8. The van der Waals surface area contributed by atoms with Crippen LogP contribution >= 0.6 is 49.9 Å². The molecule has 3 saturated heterocycles. The molecule has 2 unspecified atom stereocenters. The Balaban J connectivity index is 1.21. The van der Waals surface area contributed by atoms with Gasteiger partial charge in [0.25, 0.3) is 11.4 Å². The first-order chi connectivity index (χ1) is 21.3. The normalized spacial score (nSPS) is 38.6. The maximum Gasteiger partial charge on any atom is 0.386 e. The van der Waals surface area contributed by atoms with Gasteiger partial charge in [-0.2, -0.15) is 4.98 Å². The average Bonchev–Trinajstić information content (AvgIpc) is 3.73. The van der Waals surface area contributed by atoms with Gasteiger partial charge >= 0.3 is 13.6 Å². The number of fused-ring (bicyclic) bond motifs is 5. The molecule has 0 spiro atoms. The fraction of sp³-hybridized carbons (Fsp3) is 0.526. The van der Waals surface area contributed by atoms with Crippen LogP contribution in [-0.2, 0) is 32.0 Å². The highest BCUT2D eigenvalue weighted by molar-refractivity contribution is 8.44. The summed E-state index contributed by atoms with van der Waals surface area (Å²) in [6, 6.07) is 0. The third-order valence-electron chi connectivity index (χ3n) is 7.30. The van der Waals surface area contributed by atoms with Crippen molar-refractivity contribution in [3.05, 3.63) is 23.0 Å². The number of hydrogen-bond donors (Lipinski definition) is 7. The van der Waals surface area contributed by atoms with E-state index in [4.69, 9.17) is 34.3 Å². The maximum atomic E-state index is 16.9. The SMILES string of the molecule is Nc1nc2c(ncn2[C@@H]2S[C@@H]3COP(=O)(S)O[C@@H]4[C@@H](COP(=O)(S)O[C@@H]2[C@H]3F)OC[C@]4(F)N2NNc3c(N)ncnc32)c(=O)[nH]1.